The number of aliphatic hydroxyl groups is 2. The van der Waals surface area contributed by atoms with Crippen molar-refractivity contribution in [1.29, 1.82) is 0 Å². The van der Waals surface area contributed by atoms with Gasteiger partial charge in [-0.05, 0) is 0 Å². The summed E-state index contributed by atoms with van der Waals surface area (Å²) in [6.45, 7) is -0.821. The molecule has 0 aromatic carbocycles. The van der Waals surface area contributed by atoms with Gasteiger partial charge in [-0.3, -0.25) is 4.55 Å². The maximum atomic E-state index is 10.4. The van der Waals surface area contributed by atoms with Crippen LogP contribution in [-0.4, -0.2) is 47.4 Å². The molecule has 2 atom stereocenters. The molecule has 0 spiro atoms. The van der Waals surface area contributed by atoms with Gasteiger partial charge in [0.1, 0.15) is 11.5 Å². The van der Waals surface area contributed by atoms with Crippen LogP contribution in [0.5, 0.6) is 0 Å². The molecule has 3 N–H and O–H groups in total. The smallest absolute Gasteiger partial charge is 0.270 e. The zero-order valence-corrected chi connectivity index (χ0v) is 6.94. The van der Waals surface area contributed by atoms with E-state index in [2.05, 4.69) is 0 Å². The van der Waals surface area contributed by atoms with Gasteiger partial charge in [0.25, 0.3) is 10.1 Å². The first-order chi connectivity index (χ1) is 5.43. The summed E-state index contributed by atoms with van der Waals surface area (Å²) in [6, 6.07) is 0. The standard InChI is InChI=1S/C5H10O6S/c6-2-1-5(4(8)3-7)12(9,10)11/h2,4-5,7-8H,1,3H2,(H,9,10,11). The van der Waals surface area contributed by atoms with Gasteiger partial charge in [0, 0.05) is 6.42 Å². The van der Waals surface area contributed by atoms with Gasteiger partial charge in [-0.2, -0.15) is 8.42 Å². The Morgan fingerprint density at radius 1 is 1.42 bits per heavy atom. The Morgan fingerprint density at radius 3 is 2.17 bits per heavy atom. The Labute approximate surface area is 69.6 Å². The second-order valence-corrected chi connectivity index (χ2v) is 3.84. The number of carbonyl (C=O) groups excluding carboxylic acids is 1. The summed E-state index contributed by atoms with van der Waals surface area (Å²) in [4.78, 5) is 9.91. The SMILES string of the molecule is O=CCC(C(O)CO)S(=O)(=O)O. The van der Waals surface area contributed by atoms with Crippen LogP contribution in [0.1, 0.15) is 6.42 Å². The van der Waals surface area contributed by atoms with Gasteiger partial charge in [-0.15, -0.1) is 0 Å². The van der Waals surface area contributed by atoms with Crippen LogP contribution in [0.15, 0.2) is 0 Å². The lowest BCUT2D eigenvalue weighted by Gasteiger charge is -2.15. The van der Waals surface area contributed by atoms with Crippen LogP contribution in [0, 0.1) is 0 Å². The molecule has 0 bridgehead atoms. The Morgan fingerprint density at radius 2 is 1.92 bits per heavy atom. The van der Waals surface area contributed by atoms with E-state index in [-0.39, 0.29) is 6.29 Å². The van der Waals surface area contributed by atoms with Crippen molar-refractivity contribution in [1.82, 2.24) is 0 Å². The van der Waals surface area contributed by atoms with Gasteiger partial charge < -0.3 is 15.0 Å². The molecule has 72 valence electrons. The van der Waals surface area contributed by atoms with Crippen LogP contribution in [0.4, 0.5) is 0 Å². The van der Waals surface area contributed by atoms with Crippen molar-refractivity contribution < 1.29 is 28.0 Å². The molecule has 6 nitrogen and oxygen atoms in total. The molecule has 0 saturated heterocycles. The first kappa shape index (κ1) is 11.5. The molecule has 2 unspecified atom stereocenters. The molecule has 0 aliphatic rings. The molecular formula is C5H10O6S. The van der Waals surface area contributed by atoms with Crippen molar-refractivity contribution in [2.24, 2.45) is 0 Å². The molecule has 12 heavy (non-hydrogen) atoms. The lowest BCUT2D eigenvalue weighted by Crippen LogP contribution is -2.36. The highest BCUT2D eigenvalue weighted by molar-refractivity contribution is 7.86. The van der Waals surface area contributed by atoms with Crippen molar-refractivity contribution in [3.8, 4) is 0 Å². The van der Waals surface area contributed by atoms with E-state index in [1.807, 2.05) is 0 Å². The Kier molecular flexibility index (Phi) is 4.32. The minimum Gasteiger partial charge on any atom is -0.394 e. The number of hydrogen-bond acceptors (Lipinski definition) is 5. The first-order valence-electron chi connectivity index (χ1n) is 3.12. The summed E-state index contributed by atoms with van der Waals surface area (Å²) in [7, 11) is -4.48. The minimum absolute atomic E-state index is 0.247. The summed E-state index contributed by atoms with van der Waals surface area (Å²) in [5, 5.41) is 15.6. The van der Waals surface area contributed by atoms with Gasteiger partial charge in [0.15, 0.2) is 0 Å². The lowest BCUT2D eigenvalue weighted by atomic mass is 10.2. The fourth-order valence-corrected chi connectivity index (χ4v) is 1.49. The van der Waals surface area contributed by atoms with Crippen molar-refractivity contribution in [2.45, 2.75) is 17.8 Å². The third-order valence-electron chi connectivity index (χ3n) is 1.33. The third-order valence-corrected chi connectivity index (χ3v) is 2.60. The van der Waals surface area contributed by atoms with Crippen molar-refractivity contribution >= 4 is 16.4 Å². The Hall–Kier alpha value is -0.500. The summed E-state index contributed by atoms with van der Waals surface area (Å²) in [5.41, 5.74) is 0. The molecule has 0 saturated carbocycles. The quantitative estimate of drug-likeness (QED) is 0.354. The summed E-state index contributed by atoms with van der Waals surface area (Å²) >= 11 is 0. The predicted octanol–water partition coefficient (Wildman–Crippen LogP) is -1.81. The minimum atomic E-state index is -4.48. The fraction of sp³-hybridized carbons (Fsp3) is 0.800. The first-order valence-corrected chi connectivity index (χ1v) is 4.62. The number of aldehydes is 1. The molecule has 0 aliphatic carbocycles. The van der Waals surface area contributed by atoms with Gasteiger partial charge in [-0.1, -0.05) is 0 Å². The van der Waals surface area contributed by atoms with Gasteiger partial charge in [-0.25, -0.2) is 0 Å². The molecule has 7 heteroatoms. The lowest BCUT2D eigenvalue weighted by molar-refractivity contribution is -0.108. The van der Waals surface area contributed by atoms with Crippen LogP contribution >= 0.6 is 0 Å². The Bertz CT molecular complexity index is 232. The number of hydrogen-bond donors (Lipinski definition) is 3. The highest BCUT2D eigenvalue weighted by Crippen LogP contribution is 2.07. The monoisotopic (exact) mass is 198 g/mol. The van der Waals surface area contributed by atoms with E-state index in [1.54, 1.807) is 0 Å². The molecule has 0 amide bonds. The average molecular weight is 198 g/mol. The second-order valence-electron chi connectivity index (χ2n) is 2.21. The molecule has 0 fully saturated rings. The molecule has 0 aliphatic heterocycles. The molecule has 0 aromatic heterocycles. The van der Waals surface area contributed by atoms with Crippen LogP contribution < -0.4 is 0 Å². The zero-order chi connectivity index (χ0) is 9.78. The van der Waals surface area contributed by atoms with E-state index in [1.165, 1.54) is 0 Å². The molecule has 0 rings (SSSR count). The van der Waals surface area contributed by atoms with Crippen molar-refractivity contribution in [2.75, 3.05) is 6.61 Å². The molecule has 0 aromatic rings. The normalized spacial score (nSPS) is 16.9. The highest BCUT2D eigenvalue weighted by Gasteiger charge is 2.29. The van der Waals surface area contributed by atoms with E-state index in [9.17, 15) is 13.2 Å². The largest absolute Gasteiger partial charge is 0.394 e. The van der Waals surface area contributed by atoms with Gasteiger partial charge in [0.2, 0.25) is 0 Å². The zero-order valence-electron chi connectivity index (χ0n) is 6.12. The molecular weight excluding hydrogens is 188 g/mol. The van der Waals surface area contributed by atoms with Gasteiger partial charge >= 0.3 is 0 Å². The fourth-order valence-electron chi connectivity index (χ4n) is 0.690. The molecule has 0 heterocycles. The molecule has 0 radical (unpaired) electrons. The summed E-state index contributed by atoms with van der Waals surface area (Å²) in [5.74, 6) is 0. The van der Waals surface area contributed by atoms with E-state index in [4.69, 9.17) is 14.8 Å². The van der Waals surface area contributed by atoms with E-state index in [0.717, 1.165) is 0 Å². The van der Waals surface area contributed by atoms with Crippen LogP contribution in [0.2, 0.25) is 0 Å². The maximum absolute atomic E-state index is 10.4. The summed E-state index contributed by atoms with van der Waals surface area (Å²) < 4.78 is 29.3. The maximum Gasteiger partial charge on any atom is 0.270 e. The number of aliphatic hydroxyl groups excluding tert-OH is 2. The van der Waals surface area contributed by atoms with E-state index < -0.39 is 34.5 Å². The van der Waals surface area contributed by atoms with Crippen LogP contribution in [0.25, 0.3) is 0 Å². The Balaban J connectivity index is 4.55. The van der Waals surface area contributed by atoms with Crippen LogP contribution in [-0.2, 0) is 14.9 Å². The third kappa shape index (κ3) is 3.26. The summed E-state index contributed by atoms with van der Waals surface area (Å²) in [6.07, 6.45) is -1.93. The predicted molar refractivity (Wildman–Crippen MR) is 39.1 cm³/mol. The highest BCUT2D eigenvalue weighted by atomic mass is 32.2. The number of carbonyl (C=O) groups is 1. The number of rotatable bonds is 5. The average Bonchev–Trinajstić information content (AvgIpc) is 1.96. The van der Waals surface area contributed by atoms with Gasteiger partial charge in [0.05, 0.1) is 12.7 Å². The van der Waals surface area contributed by atoms with E-state index in [0.29, 0.717) is 0 Å². The second kappa shape index (κ2) is 4.51. The van der Waals surface area contributed by atoms with Crippen LogP contribution in [0.3, 0.4) is 0 Å². The van der Waals surface area contributed by atoms with Crippen molar-refractivity contribution in [3.05, 3.63) is 0 Å². The van der Waals surface area contributed by atoms with Crippen molar-refractivity contribution in [3.63, 3.8) is 0 Å². The topological polar surface area (TPSA) is 112 Å². The van der Waals surface area contributed by atoms with E-state index >= 15 is 0 Å².